The fourth-order valence-corrected chi connectivity index (χ4v) is 1.49. The quantitative estimate of drug-likeness (QED) is 0.598. The van der Waals surface area contributed by atoms with Gasteiger partial charge in [-0.2, -0.15) is 21.6 Å². The maximum atomic E-state index is 12.1. The number of halogens is 3. The summed E-state index contributed by atoms with van der Waals surface area (Å²) in [6, 6.07) is 2.80. The number of carbonyl (C=O) groups excluding carboxylic acids is 1. The van der Waals surface area contributed by atoms with Gasteiger partial charge in [0.1, 0.15) is 5.75 Å². The van der Waals surface area contributed by atoms with Gasteiger partial charge >= 0.3 is 15.6 Å². The van der Waals surface area contributed by atoms with Gasteiger partial charge in [-0.1, -0.05) is 12.1 Å². The summed E-state index contributed by atoms with van der Waals surface area (Å²) < 4.78 is 61.5. The van der Waals surface area contributed by atoms with Gasteiger partial charge in [0, 0.05) is 5.56 Å². The molecule has 0 atom stereocenters. The van der Waals surface area contributed by atoms with Crippen molar-refractivity contribution in [1.82, 2.24) is 0 Å². The van der Waals surface area contributed by atoms with E-state index in [2.05, 4.69) is 4.18 Å². The van der Waals surface area contributed by atoms with Crippen LogP contribution in [0.4, 0.5) is 13.2 Å². The van der Waals surface area contributed by atoms with E-state index in [-0.39, 0.29) is 5.56 Å². The van der Waals surface area contributed by atoms with Gasteiger partial charge in [0.05, 0.1) is 5.97 Å². The third-order valence-corrected chi connectivity index (χ3v) is 2.87. The molecule has 5 nitrogen and oxygen atoms in total. The average molecular weight is 283 g/mol. The van der Waals surface area contributed by atoms with Crippen molar-refractivity contribution in [2.75, 3.05) is 0 Å². The number of hydrogen-bond donors (Lipinski definition) is 0. The van der Waals surface area contributed by atoms with Crippen molar-refractivity contribution >= 4 is 16.1 Å². The van der Waals surface area contributed by atoms with Crippen molar-refractivity contribution in [3.8, 4) is 5.75 Å². The second-order valence-electron chi connectivity index (χ2n) is 3.25. The van der Waals surface area contributed by atoms with Crippen LogP contribution in [0.1, 0.15) is 15.9 Å². The first-order valence-electron chi connectivity index (χ1n) is 4.37. The maximum Gasteiger partial charge on any atom is 0.534 e. The molecule has 18 heavy (non-hydrogen) atoms. The standard InChI is InChI=1S/C9H7F3O5S/c1-5-2-3-6(8(13)14)4-7(5)17-18(15,16)9(10,11)12/h2-4H,1H3,(H,13,14)/p-1. The first-order chi connectivity index (χ1) is 8.04. The molecule has 1 aromatic carbocycles. The number of carbonyl (C=O) groups is 1. The topological polar surface area (TPSA) is 83.5 Å². The van der Waals surface area contributed by atoms with Crippen LogP contribution in [-0.2, 0) is 10.1 Å². The summed E-state index contributed by atoms with van der Waals surface area (Å²) in [5.41, 5.74) is -6.04. The van der Waals surface area contributed by atoms with Crippen LogP contribution in [0, 0.1) is 6.92 Å². The molecule has 0 radical (unpaired) electrons. The minimum absolute atomic E-state index is 0.0350. The average Bonchev–Trinajstić information content (AvgIpc) is 2.18. The molecule has 0 aromatic heterocycles. The summed E-state index contributed by atoms with van der Waals surface area (Å²) in [4.78, 5) is 10.5. The van der Waals surface area contributed by atoms with E-state index < -0.39 is 32.9 Å². The lowest BCUT2D eigenvalue weighted by Gasteiger charge is -2.12. The highest BCUT2D eigenvalue weighted by atomic mass is 32.2. The second kappa shape index (κ2) is 4.48. The molecule has 0 aliphatic carbocycles. The maximum absolute atomic E-state index is 12.1. The fourth-order valence-electron chi connectivity index (χ4n) is 0.982. The number of hydrogen-bond acceptors (Lipinski definition) is 5. The van der Waals surface area contributed by atoms with E-state index in [0.717, 1.165) is 12.1 Å². The molecule has 0 aliphatic heterocycles. The second-order valence-corrected chi connectivity index (χ2v) is 4.79. The number of alkyl halides is 3. The van der Waals surface area contributed by atoms with Crippen molar-refractivity contribution in [3.05, 3.63) is 29.3 Å². The number of carboxylic acid groups (broad SMARTS) is 1. The Kier molecular flexibility index (Phi) is 3.56. The van der Waals surface area contributed by atoms with Crippen molar-refractivity contribution < 1.29 is 35.7 Å². The minimum Gasteiger partial charge on any atom is -0.545 e. The molecule has 9 heteroatoms. The summed E-state index contributed by atoms with van der Waals surface area (Å²) in [5, 5.41) is 10.5. The zero-order chi connectivity index (χ0) is 14.1. The lowest BCUT2D eigenvalue weighted by molar-refractivity contribution is -0.255. The van der Waals surface area contributed by atoms with Crippen LogP contribution in [0.25, 0.3) is 0 Å². The molecule has 0 aliphatic rings. The van der Waals surface area contributed by atoms with E-state index in [9.17, 15) is 31.5 Å². The number of aryl methyl sites for hydroxylation is 1. The Labute approximate surface area is 99.9 Å². The predicted molar refractivity (Wildman–Crippen MR) is 51.1 cm³/mol. The highest BCUT2D eigenvalue weighted by Crippen LogP contribution is 2.29. The molecule has 1 aromatic rings. The molecule has 0 bridgehead atoms. The van der Waals surface area contributed by atoms with Crippen LogP contribution in [0.2, 0.25) is 0 Å². The Morgan fingerprint density at radius 2 is 1.89 bits per heavy atom. The van der Waals surface area contributed by atoms with Crippen molar-refractivity contribution in [3.63, 3.8) is 0 Å². The van der Waals surface area contributed by atoms with Crippen LogP contribution in [0.15, 0.2) is 18.2 Å². The monoisotopic (exact) mass is 283 g/mol. The van der Waals surface area contributed by atoms with Gasteiger partial charge in [-0.3, -0.25) is 0 Å². The normalized spacial score (nSPS) is 12.2. The molecule has 0 spiro atoms. The van der Waals surface area contributed by atoms with Gasteiger partial charge in [0.2, 0.25) is 0 Å². The molecule has 0 amide bonds. The van der Waals surface area contributed by atoms with Crippen LogP contribution in [0.5, 0.6) is 5.75 Å². The third-order valence-electron chi connectivity index (χ3n) is 1.91. The van der Waals surface area contributed by atoms with Crippen molar-refractivity contribution in [2.45, 2.75) is 12.4 Å². The van der Waals surface area contributed by atoms with E-state index in [1.54, 1.807) is 0 Å². The van der Waals surface area contributed by atoms with E-state index in [0.29, 0.717) is 6.07 Å². The Morgan fingerprint density at radius 3 is 2.33 bits per heavy atom. The summed E-state index contributed by atoms with van der Waals surface area (Å²) in [5.74, 6) is -2.38. The SMILES string of the molecule is Cc1ccc(C(=O)[O-])cc1OS(=O)(=O)C(F)(F)F. The van der Waals surface area contributed by atoms with Crippen LogP contribution in [0.3, 0.4) is 0 Å². The van der Waals surface area contributed by atoms with Gasteiger partial charge < -0.3 is 14.1 Å². The third kappa shape index (κ3) is 2.92. The Bertz CT molecular complexity index is 576. The number of rotatable bonds is 3. The molecule has 0 heterocycles. The molecule has 0 fully saturated rings. The molecule has 1 rings (SSSR count). The molecule has 100 valence electrons. The number of benzene rings is 1. The number of carboxylic acids is 1. The van der Waals surface area contributed by atoms with Gasteiger partial charge in [0.25, 0.3) is 0 Å². The first-order valence-corrected chi connectivity index (χ1v) is 5.78. The largest absolute Gasteiger partial charge is 0.545 e. The van der Waals surface area contributed by atoms with E-state index in [4.69, 9.17) is 0 Å². The first kappa shape index (κ1) is 14.3. The molecule has 0 saturated heterocycles. The van der Waals surface area contributed by atoms with Crippen molar-refractivity contribution in [1.29, 1.82) is 0 Å². The summed E-state index contributed by atoms with van der Waals surface area (Å²) in [6.45, 7) is 1.26. The van der Waals surface area contributed by atoms with Gasteiger partial charge in [-0.15, -0.1) is 0 Å². The minimum atomic E-state index is -5.83. The summed E-state index contributed by atoms with van der Waals surface area (Å²) in [6.07, 6.45) is 0. The van der Waals surface area contributed by atoms with E-state index in [1.165, 1.54) is 6.92 Å². The highest BCUT2D eigenvalue weighted by Gasteiger charge is 2.48. The smallest absolute Gasteiger partial charge is 0.534 e. The van der Waals surface area contributed by atoms with Crippen molar-refractivity contribution in [2.24, 2.45) is 0 Å². The van der Waals surface area contributed by atoms with Gasteiger partial charge in [-0.05, 0) is 18.6 Å². The van der Waals surface area contributed by atoms with E-state index >= 15 is 0 Å². The molecule has 0 unspecified atom stereocenters. The Morgan fingerprint density at radius 1 is 1.33 bits per heavy atom. The van der Waals surface area contributed by atoms with Gasteiger partial charge in [0.15, 0.2) is 0 Å². The summed E-state index contributed by atoms with van der Waals surface area (Å²) in [7, 11) is -5.83. The molecule has 0 N–H and O–H groups in total. The number of aromatic carboxylic acids is 1. The predicted octanol–water partition coefficient (Wildman–Crippen LogP) is 0.587. The lowest BCUT2D eigenvalue weighted by Crippen LogP contribution is -2.28. The fraction of sp³-hybridized carbons (Fsp3) is 0.222. The molecule has 0 saturated carbocycles. The van der Waals surface area contributed by atoms with Crippen LogP contribution >= 0.6 is 0 Å². The Balaban J connectivity index is 3.20. The highest BCUT2D eigenvalue weighted by molar-refractivity contribution is 7.88. The lowest BCUT2D eigenvalue weighted by atomic mass is 10.1. The zero-order valence-electron chi connectivity index (χ0n) is 8.82. The van der Waals surface area contributed by atoms with E-state index in [1.807, 2.05) is 0 Å². The Hall–Kier alpha value is -1.77. The summed E-state index contributed by atoms with van der Waals surface area (Å²) >= 11 is 0. The van der Waals surface area contributed by atoms with Crippen LogP contribution in [-0.4, -0.2) is 19.9 Å². The van der Waals surface area contributed by atoms with Gasteiger partial charge in [-0.25, -0.2) is 0 Å². The molecular weight excluding hydrogens is 277 g/mol. The molecular formula is C9H6F3O5S-. The zero-order valence-corrected chi connectivity index (χ0v) is 9.63. The van der Waals surface area contributed by atoms with Crippen LogP contribution < -0.4 is 9.29 Å².